The Bertz CT molecular complexity index is 613. The van der Waals surface area contributed by atoms with E-state index >= 15 is 0 Å². The van der Waals surface area contributed by atoms with Crippen molar-refractivity contribution in [3.63, 3.8) is 0 Å². The van der Waals surface area contributed by atoms with E-state index in [9.17, 15) is 14.4 Å². The van der Waals surface area contributed by atoms with Crippen LogP contribution in [-0.4, -0.2) is 47.0 Å². The molecule has 1 aliphatic heterocycles. The van der Waals surface area contributed by atoms with Gasteiger partial charge in [-0.1, -0.05) is 0 Å². The van der Waals surface area contributed by atoms with E-state index in [1.807, 2.05) is 13.8 Å². The molecule has 1 fully saturated rings. The van der Waals surface area contributed by atoms with Crippen LogP contribution in [0.2, 0.25) is 0 Å². The summed E-state index contributed by atoms with van der Waals surface area (Å²) in [6, 6.07) is 6.34. The summed E-state index contributed by atoms with van der Waals surface area (Å²) in [5, 5.41) is 14.6. The molecular weight excluding hydrogens is 310 g/mol. The zero-order chi connectivity index (χ0) is 17.7. The highest BCUT2D eigenvalue weighted by Gasteiger charge is 2.28. The van der Waals surface area contributed by atoms with E-state index in [0.29, 0.717) is 30.6 Å². The Balaban J connectivity index is 1.94. The average Bonchev–Trinajstić information content (AvgIpc) is 2.55. The van der Waals surface area contributed by atoms with Gasteiger partial charge in [-0.3, -0.25) is 9.59 Å². The van der Waals surface area contributed by atoms with Crippen molar-refractivity contribution in [1.29, 1.82) is 0 Å². The Labute approximate surface area is 141 Å². The smallest absolute Gasteiger partial charge is 0.321 e. The van der Waals surface area contributed by atoms with Crippen molar-refractivity contribution < 1.29 is 19.5 Å². The summed E-state index contributed by atoms with van der Waals surface area (Å²) < 4.78 is 0. The van der Waals surface area contributed by atoms with Crippen molar-refractivity contribution in [2.45, 2.75) is 32.7 Å². The maximum atomic E-state index is 12.2. The first-order valence-electron chi connectivity index (χ1n) is 8.06. The van der Waals surface area contributed by atoms with E-state index in [1.165, 1.54) is 4.90 Å². The lowest BCUT2D eigenvalue weighted by atomic mass is 9.99. The molecule has 3 N–H and O–H groups in total. The molecule has 1 aliphatic rings. The molecule has 3 amide bonds. The summed E-state index contributed by atoms with van der Waals surface area (Å²) in [7, 11) is 0. The summed E-state index contributed by atoms with van der Waals surface area (Å²) in [5.41, 5.74) is 1.09. The number of likely N-dealkylation sites (tertiary alicyclic amines) is 1. The van der Waals surface area contributed by atoms with Crippen LogP contribution in [0, 0.1) is 5.92 Å². The summed E-state index contributed by atoms with van der Waals surface area (Å²) in [4.78, 5) is 36.7. The molecule has 1 aromatic rings. The van der Waals surface area contributed by atoms with Crippen molar-refractivity contribution in [3.05, 3.63) is 29.8 Å². The Morgan fingerprint density at radius 2 is 1.88 bits per heavy atom. The second-order valence-electron chi connectivity index (χ2n) is 6.26. The van der Waals surface area contributed by atoms with Gasteiger partial charge in [-0.2, -0.15) is 0 Å². The van der Waals surface area contributed by atoms with Gasteiger partial charge in [0.1, 0.15) is 0 Å². The van der Waals surface area contributed by atoms with Gasteiger partial charge in [0, 0.05) is 30.4 Å². The number of urea groups is 1. The monoisotopic (exact) mass is 333 g/mol. The highest BCUT2D eigenvalue weighted by molar-refractivity contribution is 5.95. The van der Waals surface area contributed by atoms with Gasteiger partial charge in [-0.15, -0.1) is 0 Å². The lowest BCUT2D eigenvalue weighted by Gasteiger charge is -2.30. The summed E-state index contributed by atoms with van der Waals surface area (Å²) in [6.45, 7) is 4.53. The predicted octanol–water partition coefficient (Wildman–Crippen LogP) is 2.15. The van der Waals surface area contributed by atoms with Crippen molar-refractivity contribution in [2.75, 3.05) is 18.4 Å². The lowest BCUT2D eigenvalue weighted by Crippen LogP contribution is -2.44. The van der Waals surface area contributed by atoms with Gasteiger partial charge < -0.3 is 20.6 Å². The molecular formula is C17H23N3O4. The van der Waals surface area contributed by atoms with E-state index in [-0.39, 0.29) is 24.5 Å². The molecule has 1 saturated heterocycles. The summed E-state index contributed by atoms with van der Waals surface area (Å²) >= 11 is 0. The number of benzene rings is 1. The highest BCUT2D eigenvalue weighted by atomic mass is 16.4. The van der Waals surface area contributed by atoms with Crippen LogP contribution in [-0.2, 0) is 4.79 Å². The Hall–Kier alpha value is -2.57. The number of piperidine rings is 1. The Morgan fingerprint density at radius 3 is 2.46 bits per heavy atom. The number of rotatable bonds is 4. The van der Waals surface area contributed by atoms with E-state index in [1.54, 1.807) is 24.3 Å². The number of hydrogen-bond donors (Lipinski definition) is 3. The number of anilines is 1. The fraction of sp³-hybridized carbons (Fsp3) is 0.471. The Kier molecular flexibility index (Phi) is 5.78. The van der Waals surface area contributed by atoms with Gasteiger partial charge in [0.15, 0.2) is 0 Å². The molecule has 2 rings (SSSR count). The molecule has 1 heterocycles. The minimum Gasteiger partial charge on any atom is -0.481 e. The van der Waals surface area contributed by atoms with Gasteiger partial charge in [0.2, 0.25) is 0 Å². The molecule has 1 aromatic carbocycles. The van der Waals surface area contributed by atoms with Crippen molar-refractivity contribution in [3.8, 4) is 0 Å². The van der Waals surface area contributed by atoms with Crippen molar-refractivity contribution >= 4 is 23.6 Å². The van der Waals surface area contributed by atoms with Gasteiger partial charge in [-0.25, -0.2) is 4.79 Å². The van der Waals surface area contributed by atoms with E-state index in [0.717, 1.165) is 0 Å². The van der Waals surface area contributed by atoms with E-state index in [4.69, 9.17) is 5.11 Å². The molecule has 1 atom stereocenters. The van der Waals surface area contributed by atoms with Crippen LogP contribution in [0.4, 0.5) is 10.5 Å². The van der Waals surface area contributed by atoms with E-state index in [2.05, 4.69) is 10.6 Å². The van der Waals surface area contributed by atoms with Crippen LogP contribution >= 0.6 is 0 Å². The molecule has 0 radical (unpaired) electrons. The zero-order valence-corrected chi connectivity index (χ0v) is 13.9. The lowest BCUT2D eigenvalue weighted by molar-refractivity contribution is -0.143. The normalized spacial score (nSPS) is 17.5. The molecule has 7 heteroatoms. The molecule has 24 heavy (non-hydrogen) atoms. The molecule has 0 aromatic heterocycles. The summed E-state index contributed by atoms with van der Waals surface area (Å²) in [5.74, 6) is -1.54. The number of carbonyl (C=O) groups excluding carboxylic acids is 2. The minimum atomic E-state index is -0.868. The third-order valence-electron chi connectivity index (χ3n) is 3.88. The zero-order valence-electron chi connectivity index (χ0n) is 13.9. The third kappa shape index (κ3) is 4.71. The van der Waals surface area contributed by atoms with Crippen LogP contribution in [0.15, 0.2) is 24.3 Å². The third-order valence-corrected chi connectivity index (χ3v) is 3.88. The highest BCUT2D eigenvalue weighted by Crippen LogP contribution is 2.18. The van der Waals surface area contributed by atoms with Crippen molar-refractivity contribution in [1.82, 2.24) is 10.2 Å². The molecule has 7 nitrogen and oxygen atoms in total. The van der Waals surface area contributed by atoms with E-state index < -0.39 is 11.9 Å². The first kappa shape index (κ1) is 17.8. The number of carboxylic acids is 1. The van der Waals surface area contributed by atoms with Gasteiger partial charge in [0.05, 0.1) is 5.92 Å². The number of aliphatic carboxylic acids is 1. The maximum absolute atomic E-state index is 12.2. The van der Waals surface area contributed by atoms with Crippen LogP contribution in [0.5, 0.6) is 0 Å². The number of nitrogens with zero attached hydrogens (tertiary/aromatic N) is 1. The molecule has 0 saturated carbocycles. The second-order valence-corrected chi connectivity index (χ2v) is 6.26. The number of carboxylic acid groups (broad SMARTS) is 1. The number of hydrogen-bond acceptors (Lipinski definition) is 3. The predicted molar refractivity (Wildman–Crippen MR) is 90.0 cm³/mol. The molecule has 0 spiro atoms. The SMILES string of the molecule is CC(C)NC(=O)c1ccc(NC(=O)N2CCCC(C(=O)O)C2)cc1. The van der Waals surface area contributed by atoms with Crippen LogP contribution in [0.1, 0.15) is 37.0 Å². The van der Waals surface area contributed by atoms with Gasteiger partial charge >= 0.3 is 12.0 Å². The number of nitrogens with one attached hydrogen (secondary N) is 2. The van der Waals surface area contributed by atoms with Gasteiger partial charge in [0.25, 0.3) is 5.91 Å². The topological polar surface area (TPSA) is 98.7 Å². The van der Waals surface area contributed by atoms with Gasteiger partial charge in [-0.05, 0) is 51.0 Å². The standard InChI is InChI=1S/C17H23N3O4/c1-11(2)18-15(21)12-5-7-14(8-6-12)19-17(24)20-9-3-4-13(10-20)16(22)23/h5-8,11,13H,3-4,9-10H2,1-2H3,(H,18,21)(H,19,24)(H,22,23). The molecule has 130 valence electrons. The largest absolute Gasteiger partial charge is 0.481 e. The average molecular weight is 333 g/mol. The van der Waals surface area contributed by atoms with Crippen LogP contribution in [0.3, 0.4) is 0 Å². The fourth-order valence-electron chi connectivity index (χ4n) is 2.62. The van der Waals surface area contributed by atoms with Crippen molar-refractivity contribution in [2.24, 2.45) is 5.92 Å². The number of carbonyl (C=O) groups is 3. The Morgan fingerprint density at radius 1 is 1.21 bits per heavy atom. The molecule has 1 unspecified atom stereocenters. The first-order chi connectivity index (χ1) is 11.4. The molecule has 0 aliphatic carbocycles. The maximum Gasteiger partial charge on any atom is 0.321 e. The quantitative estimate of drug-likeness (QED) is 0.786. The first-order valence-corrected chi connectivity index (χ1v) is 8.06. The number of amides is 3. The minimum absolute atomic E-state index is 0.0539. The second kappa shape index (κ2) is 7.81. The molecule has 0 bridgehead atoms. The van der Waals surface area contributed by atoms with Crippen LogP contribution < -0.4 is 10.6 Å². The fourth-order valence-corrected chi connectivity index (χ4v) is 2.62. The summed E-state index contributed by atoms with van der Waals surface area (Å²) in [6.07, 6.45) is 1.28. The van der Waals surface area contributed by atoms with Crippen LogP contribution in [0.25, 0.3) is 0 Å².